The molecule has 5 N–H and O–H groups in total. The van der Waals surface area contributed by atoms with E-state index in [9.17, 15) is 5.11 Å². The van der Waals surface area contributed by atoms with Gasteiger partial charge in [0.05, 0.1) is 18.2 Å². The van der Waals surface area contributed by atoms with Crippen molar-refractivity contribution in [2.75, 3.05) is 5.73 Å². The Kier molecular flexibility index (Phi) is 3.33. The van der Waals surface area contributed by atoms with Crippen LogP contribution in [0.5, 0.6) is 5.75 Å². The van der Waals surface area contributed by atoms with Gasteiger partial charge in [0, 0.05) is 16.1 Å². The van der Waals surface area contributed by atoms with Crippen molar-refractivity contribution in [1.82, 2.24) is 0 Å². The number of anilines is 1. The van der Waals surface area contributed by atoms with Gasteiger partial charge in [-0.05, 0) is 12.1 Å². The largest absolute Gasteiger partial charge is 0.505 e. The van der Waals surface area contributed by atoms with Crippen LogP contribution in [0.3, 0.4) is 0 Å². The van der Waals surface area contributed by atoms with E-state index in [0.717, 1.165) is 0 Å². The van der Waals surface area contributed by atoms with Gasteiger partial charge in [0.2, 0.25) is 0 Å². The molecule has 0 saturated carbocycles. The average molecular weight is 256 g/mol. The number of nitrogens with zero attached hydrogens (tertiary/aromatic N) is 1. The topological polar surface area (TPSA) is 96.1 Å². The number of hydrogen-bond acceptors (Lipinski definition) is 4. The van der Waals surface area contributed by atoms with Gasteiger partial charge in [-0.25, -0.2) is 0 Å². The maximum Gasteiger partial charge on any atom is 0.144 e. The second-order valence-corrected chi connectivity index (χ2v) is 3.72. The summed E-state index contributed by atoms with van der Waals surface area (Å²) in [4.78, 5) is 0. The van der Waals surface area contributed by atoms with Gasteiger partial charge >= 0.3 is 0 Å². The lowest BCUT2D eigenvalue weighted by molar-refractivity contribution is 0.464. The second-order valence-electron chi connectivity index (χ2n) is 2.87. The van der Waals surface area contributed by atoms with E-state index in [1.807, 2.05) is 6.07 Å². The minimum atomic E-state index is -0.530. The Morgan fingerprint density at radius 1 is 1.57 bits per heavy atom. The van der Waals surface area contributed by atoms with Gasteiger partial charge in [-0.1, -0.05) is 15.9 Å². The number of benzene rings is 1. The van der Waals surface area contributed by atoms with Crippen LogP contribution in [-0.2, 0) is 0 Å². The number of halogens is 1. The molecule has 1 aromatic carbocycles. The van der Waals surface area contributed by atoms with Gasteiger partial charge in [-0.3, -0.25) is 0 Å². The summed E-state index contributed by atoms with van der Waals surface area (Å²) in [6, 6.07) is 4.68. The fourth-order valence-corrected chi connectivity index (χ4v) is 1.77. The van der Waals surface area contributed by atoms with Crippen molar-refractivity contribution in [1.29, 1.82) is 5.26 Å². The number of phenols is 1. The molecule has 1 rings (SSSR count). The van der Waals surface area contributed by atoms with E-state index in [2.05, 4.69) is 15.9 Å². The second kappa shape index (κ2) is 4.31. The molecule has 1 aromatic rings. The number of nitrogens with two attached hydrogens (primary N) is 2. The first-order valence-electron chi connectivity index (χ1n) is 3.97. The highest BCUT2D eigenvalue weighted by Crippen LogP contribution is 2.36. The molecule has 74 valence electrons. The molecular formula is C9H10BrN3O. The number of phenolic OH excluding ortho intramolecular Hbond substituents is 1. The fraction of sp³-hybridized carbons (Fsp3) is 0.222. The third-order valence-electron chi connectivity index (χ3n) is 1.88. The molecule has 0 unspecified atom stereocenters. The zero-order valence-corrected chi connectivity index (χ0v) is 8.95. The Bertz CT molecular complexity index is 386. The highest BCUT2D eigenvalue weighted by atomic mass is 79.9. The average Bonchev–Trinajstić information content (AvgIpc) is 2.13. The van der Waals surface area contributed by atoms with Gasteiger partial charge in [0.25, 0.3) is 0 Å². The molecular weight excluding hydrogens is 246 g/mol. The van der Waals surface area contributed by atoms with Crippen LogP contribution in [0.1, 0.15) is 18.0 Å². The van der Waals surface area contributed by atoms with Crippen LogP contribution in [0.15, 0.2) is 16.6 Å². The Morgan fingerprint density at radius 3 is 2.79 bits per heavy atom. The number of aromatic hydroxyl groups is 1. The quantitative estimate of drug-likeness (QED) is 0.553. The van der Waals surface area contributed by atoms with Crippen molar-refractivity contribution >= 4 is 21.6 Å². The summed E-state index contributed by atoms with van der Waals surface area (Å²) in [7, 11) is 0. The molecule has 0 aliphatic carbocycles. The minimum Gasteiger partial charge on any atom is -0.505 e. The van der Waals surface area contributed by atoms with Crippen molar-refractivity contribution in [3.8, 4) is 11.8 Å². The third-order valence-corrected chi connectivity index (χ3v) is 2.57. The summed E-state index contributed by atoms with van der Waals surface area (Å²) in [5.74, 6) is -0.0536. The highest BCUT2D eigenvalue weighted by Gasteiger charge is 2.16. The predicted molar refractivity (Wildman–Crippen MR) is 57.4 cm³/mol. The van der Waals surface area contributed by atoms with Crippen molar-refractivity contribution in [3.05, 3.63) is 22.2 Å². The van der Waals surface area contributed by atoms with Crippen molar-refractivity contribution in [2.45, 2.75) is 12.5 Å². The number of rotatable bonds is 2. The van der Waals surface area contributed by atoms with Crippen LogP contribution in [0.4, 0.5) is 5.69 Å². The minimum absolute atomic E-state index is 0.0536. The molecule has 1 atom stereocenters. The van der Waals surface area contributed by atoms with E-state index in [1.165, 1.54) is 0 Å². The molecule has 0 spiro atoms. The fourth-order valence-electron chi connectivity index (χ4n) is 1.15. The standard InChI is InChI=1S/C9H10BrN3O/c10-5-1-2-7(13)9(14)8(5)6(12)3-4-11/h1-2,6,14H,3,12-13H2/t6-/m0/s1. The Morgan fingerprint density at radius 2 is 2.21 bits per heavy atom. The van der Waals surface area contributed by atoms with E-state index in [1.54, 1.807) is 12.1 Å². The lowest BCUT2D eigenvalue weighted by atomic mass is 10.0. The summed E-state index contributed by atoms with van der Waals surface area (Å²) in [5.41, 5.74) is 12.0. The third kappa shape index (κ3) is 1.97. The van der Waals surface area contributed by atoms with E-state index >= 15 is 0 Å². The van der Waals surface area contributed by atoms with Crippen LogP contribution >= 0.6 is 15.9 Å². The van der Waals surface area contributed by atoms with Crippen LogP contribution in [-0.4, -0.2) is 5.11 Å². The van der Waals surface area contributed by atoms with Crippen LogP contribution in [0, 0.1) is 11.3 Å². The number of nitriles is 1. The molecule has 0 fully saturated rings. The Balaban J connectivity index is 3.19. The summed E-state index contributed by atoms with van der Waals surface area (Å²) < 4.78 is 0.659. The van der Waals surface area contributed by atoms with E-state index in [0.29, 0.717) is 10.0 Å². The molecule has 0 aliphatic heterocycles. The first kappa shape index (κ1) is 10.8. The maximum absolute atomic E-state index is 9.63. The van der Waals surface area contributed by atoms with Crippen molar-refractivity contribution < 1.29 is 5.11 Å². The van der Waals surface area contributed by atoms with Crippen LogP contribution in [0.25, 0.3) is 0 Å². The van der Waals surface area contributed by atoms with Gasteiger partial charge in [-0.15, -0.1) is 0 Å². The molecule has 4 nitrogen and oxygen atoms in total. The molecule has 0 saturated heterocycles. The molecule has 14 heavy (non-hydrogen) atoms. The first-order chi connectivity index (χ1) is 6.57. The molecule has 0 bridgehead atoms. The highest BCUT2D eigenvalue weighted by molar-refractivity contribution is 9.10. The van der Waals surface area contributed by atoms with Crippen LogP contribution < -0.4 is 11.5 Å². The zero-order chi connectivity index (χ0) is 10.7. The number of nitrogen functional groups attached to an aromatic ring is 1. The van der Waals surface area contributed by atoms with E-state index in [-0.39, 0.29) is 17.9 Å². The molecule has 5 heteroatoms. The van der Waals surface area contributed by atoms with Crippen molar-refractivity contribution in [2.24, 2.45) is 5.73 Å². The molecule has 0 radical (unpaired) electrons. The normalized spacial score (nSPS) is 12.1. The van der Waals surface area contributed by atoms with Gasteiger partial charge in [0.15, 0.2) is 0 Å². The van der Waals surface area contributed by atoms with Gasteiger partial charge < -0.3 is 16.6 Å². The molecule has 0 heterocycles. The molecule has 0 amide bonds. The SMILES string of the molecule is N#CC[C@H](N)c1c(Br)ccc(N)c1O. The summed E-state index contributed by atoms with van der Waals surface area (Å²) in [6.45, 7) is 0. The van der Waals surface area contributed by atoms with Gasteiger partial charge in [-0.2, -0.15) is 5.26 Å². The smallest absolute Gasteiger partial charge is 0.144 e. The van der Waals surface area contributed by atoms with Gasteiger partial charge in [0.1, 0.15) is 5.75 Å². The molecule has 0 aliphatic rings. The number of hydrogen-bond donors (Lipinski definition) is 3. The molecule has 0 aromatic heterocycles. The summed E-state index contributed by atoms with van der Waals surface area (Å²) in [6.07, 6.45) is 0.135. The van der Waals surface area contributed by atoms with E-state index in [4.69, 9.17) is 16.7 Å². The monoisotopic (exact) mass is 255 g/mol. The first-order valence-corrected chi connectivity index (χ1v) is 4.76. The lowest BCUT2D eigenvalue weighted by Crippen LogP contribution is -2.11. The predicted octanol–water partition coefficient (Wildman–Crippen LogP) is 1.65. The lowest BCUT2D eigenvalue weighted by Gasteiger charge is -2.13. The zero-order valence-electron chi connectivity index (χ0n) is 7.37. The van der Waals surface area contributed by atoms with Crippen molar-refractivity contribution in [3.63, 3.8) is 0 Å². The van der Waals surface area contributed by atoms with Crippen LogP contribution in [0.2, 0.25) is 0 Å². The Hall–Kier alpha value is -1.25. The summed E-state index contributed by atoms with van der Waals surface area (Å²) in [5, 5.41) is 18.1. The Labute approximate surface area is 90.3 Å². The maximum atomic E-state index is 9.63. The van der Waals surface area contributed by atoms with E-state index < -0.39 is 6.04 Å². The summed E-state index contributed by atoms with van der Waals surface area (Å²) >= 11 is 3.25.